The fourth-order valence-corrected chi connectivity index (χ4v) is 4.74. The van der Waals surface area contributed by atoms with Gasteiger partial charge < -0.3 is 9.64 Å². The van der Waals surface area contributed by atoms with Gasteiger partial charge in [0.15, 0.2) is 0 Å². The van der Waals surface area contributed by atoms with Gasteiger partial charge in [0.1, 0.15) is 5.69 Å². The van der Waals surface area contributed by atoms with Crippen LogP contribution in [0, 0.1) is 0 Å². The number of pyridine rings is 1. The number of hydrogen-bond donors (Lipinski definition) is 1. The first-order valence-electron chi connectivity index (χ1n) is 8.95. The van der Waals surface area contributed by atoms with E-state index in [9.17, 15) is 13.2 Å². The van der Waals surface area contributed by atoms with Crippen molar-refractivity contribution >= 4 is 15.9 Å². The number of benzene rings is 1. The van der Waals surface area contributed by atoms with Crippen LogP contribution in [0.5, 0.6) is 0 Å². The lowest BCUT2D eigenvalue weighted by Crippen LogP contribution is -2.37. The van der Waals surface area contributed by atoms with Gasteiger partial charge >= 0.3 is 0 Å². The molecule has 1 atom stereocenters. The van der Waals surface area contributed by atoms with Crippen LogP contribution in [0.1, 0.15) is 28.0 Å². The fraction of sp³-hybridized carbons (Fsp3) is 0.368. The Morgan fingerprint density at radius 3 is 2.85 bits per heavy atom. The maximum atomic E-state index is 12.6. The van der Waals surface area contributed by atoms with Crippen LogP contribution >= 0.6 is 0 Å². The highest BCUT2D eigenvalue weighted by Gasteiger charge is 2.26. The molecule has 3 heterocycles. The zero-order valence-electron chi connectivity index (χ0n) is 14.8. The van der Waals surface area contributed by atoms with Crippen LogP contribution in [-0.4, -0.2) is 50.0 Å². The minimum Gasteiger partial charge on any atom is -0.380 e. The van der Waals surface area contributed by atoms with E-state index in [0.29, 0.717) is 44.8 Å². The highest BCUT2D eigenvalue weighted by Crippen LogP contribution is 2.24. The fourth-order valence-electron chi connectivity index (χ4n) is 3.44. The van der Waals surface area contributed by atoms with Gasteiger partial charge in [-0.15, -0.1) is 0 Å². The molecule has 142 valence electrons. The summed E-state index contributed by atoms with van der Waals surface area (Å²) in [6, 6.07) is 10.2. The largest absolute Gasteiger partial charge is 0.380 e. The minimum absolute atomic E-state index is 0.110. The van der Waals surface area contributed by atoms with Gasteiger partial charge in [0.2, 0.25) is 10.0 Å². The summed E-state index contributed by atoms with van der Waals surface area (Å²) in [6.45, 7) is 1.98. The lowest BCUT2D eigenvalue weighted by molar-refractivity contribution is 0.0728. The number of fused-ring (bicyclic) bond motifs is 1. The summed E-state index contributed by atoms with van der Waals surface area (Å²) in [7, 11) is -3.57. The van der Waals surface area contributed by atoms with Gasteiger partial charge in [0, 0.05) is 31.9 Å². The summed E-state index contributed by atoms with van der Waals surface area (Å²) in [5, 5.41) is 0. The summed E-state index contributed by atoms with van der Waals surface area (Å²) in [4.78, 5) is 18.7. The number of amides is 1. The van der Waals surface area contributed by atoms with Gasteiger partial charge in [-0.1, -0.05) is 12.1 Å². The number of carbonyl (C=O) groups is 1. The molecule has 0 saturated carbocycles. The molecule has 1 aromatic heterocycles. The van der Waals surface area contributed by atoms with Crippen molar-refractivity contribution in [1.29, 1.82) is 0 Å². The average molecular weight is 387 g/mol. The summed E-state index contributed by atoms with van der Waals surface area (Å²) < 4.78 is 33.1. The van der Waals surface area contributed by atoms with Crippen molar-refractivity contribution in [3.05, 3.63) is 59.4 Å². The molecule has 1 N–H and O–H groups in total. The molecule has 8 heteroatoms. The van der Waals surface area contributed by atoms with Gasteiger partial charge in [-0.05, 0) is 48.2 Å². The van der Waals surface area contributed by atoms with E-state index in [0.717, 1.165) is 11.1 Å². The molecule has 27 heavy (non-hydrogen) atoms. The predicted octanol–water partition coefficient (Wildman–Crippen LogP) is 1.35. The summed E-state index contributed by atoms with van der Waals surface area (Å²) in [6.07, 6.45) is 2.91. The van der Waals surface area contributed by atoms with Crippen LogP contribution in [0.3, 0.4) is 0 Å². The average Bonchev–Trinajstić information content (AvgIpc) is 3.19. The number of aromatic nitrogens is 1. The van der Waals surface area contributed by atoms with E-state index < -0.39 is 10.0 Å². The van der Waals surface area contributed by atoms with Crippen molar-refractivity contribution in [3.8, 4) is 0 Å². The highest BCUT2D eigenvalue weighted by atomic mass is 32.2. The Kier molecular flexibility index (Phi) is 4.94. The first-order chi connectivity index (χ1) is 13.0. The maximum Gasteiger partial charge on any atom is 0.272 e. The third-order valence-electron chi connectivity index (χ3n) is 4.92. The number of nitrogens with one attached hydrogen (secondary N) is 1. The van der Waals surface area contributed by atoms with Crippen molar-refractivity contribution in [2.75, 3.05) is 19.8 Å². The Morgan fingerprint density at radius 2 is 2.11 bits per heavy atom. The molecule has 1 saturated heterocycles. The van der Waals surface area contributed by atoms with Crippen LogP contribution < -0.4 is 4.72 Å². The Balaban J connectivity index is 1.50. The molecule has 1 aromatic carbocycles. The standard InChI is InChI=1S/C19H21N3O4S/c23-19(18-3-1-2-8-20-18)22-9-6-14-11-17(5-4-15(14)12-22)27(24,25)21-16-7-10-26-13-16/h1-5,8,11,16,21H,6-7,9-10,12-13H2. The molecular formula is C19H21N3O4S. The van der Waals surface area contributed by atoms with Gasteiger partial charge in [-0.2, -0.15) is 0 Å². The topological polar surface area (TPSA) is 88.6 Å². The molecular weight excluding hydrogens is 366 g/mol. The second-order valence-corrected chi connectivity index (χ2v) is 8.52. The number of ether oxygens (including phenoxy) is 1. The molecule has 1 amide bonds. The Morgan fingerprint density at radius 1 is 1.22 bits per heavy atom. The Bertz CT molecular complexity index is 941. The summed E-state index contributed by atoms with van der Waals surface area (Å²) in [5.41, 5.74) is 2.35. The number of sulfonamides is 1. The first-order valence-corrected chi connectivity index (χ1v) is 10.4. The monoisotopic (exact) mass is 387 g/mol. The number of rotatable bonds is 4. The SMILES string of the molecule is O=C(c1ccccn1)N1CCc2cc(S(=O)(=O)NC3CCOC3)ccc2C1. The lowest BCUT2D eigenvalue weighted by Gasteiger charge is -2.29. The normalized spacial score (nSPS) is 19.7. The highest BCUT2D eigenvalue weighted by molar-refractivity contribution is 7.89. The van der Waals surface area contributed by atoms with E-state index in [-0.39, 0.29) is 16.8 Å². The molecule has 4 rings (SSSR count). The predicted molar refractivity (Wildman–Crippen MR) is 98.7 cm³/mol. The van der Waals surface area contributed by atoms with Gasteiger partial charge in [0.25, 0.3) is 5.91 Å². The zero-order chi connectivity index (χ0) is 18.9. The van der Waals surface area contributed by atoms with Crippen molar-refractivity contribution < 1.29 is 17.9 Å². The van der Waals surface area contributed by atoms with E-state index in [1.54, 1.807) is 47.5 Å². The Labute approximate surface area is 158 Å². The number of nitrogens with zero attached hydrogens (tertiary/aromatic N) is 2. The molecule has 0 bridgehead atoms. The van der Waals surface area contributed by atoms with Crippen LogP contribution in [0.15, 0.2) is 47.5 Å². The van der Waals surface area contributed by atoms with Crippen LogP contribution in [0.25, 0.3) is 0 Å². The van der Waals surface area contributed by atoms with E-state index in [1.165, 1.54) is 0 Å². The van der Waals surface area contributed by atoms with E-state index in [4.69, 9.17) is 4.74 Å². The number of carbonyl (C=O) groups excluding carboxylic acids is 1. The van der Waals surface area contributed by atoms with Gasteiger partial charge in [-0.3, -0.25) is 9.78 Å². The third kappa shape index (κ3) is 3.87. The van der Waals surface area contributed by atoms with Crippen LogP contribution in [0.4, 0.5) is 0 Å². The molecule has 2 aliphatic heterocycles. The van der Waals surface area contributed by atoms with Crippen molar-refractivity contribution in [1.82, 2.24) is 14.6 Å². The second kappa shape index (κ2) is 7.38. The summed E-state index contributed by atoms with van der Waals surface area (Å²) in [5.74, 6) is -0.110. The summed E-state index contributed by atoms with van der Waals surface area (Å²) >= 11 is 0. The van der Waals surface area contributed by atoms with Crippen LogP contribution in [-0.2, 0) is 27.7 Å². The minimum atomic E-state index is -3.57. The molecule has 2 aliphatic rings. The molecule has 7 nitrogen and oxygen atoms in total. The van der Waals surface area contributed by atoms with Crippen molar-refractivity contribution in [3.63, 3.8) is 0 Å². The zero-order valence-corrected chi connectivity index (χ0v) is 15.6. The molecule has 0 radical (unpaired) electrons. The number of hydrogen-bond acceptors (Lipinski definition) is 5. The second-order valence-electron chi connectivity index (χ2n) is 6.80. The molecule has 1 unspecified atom stereocenters. The molecule has 0 spiro atoms. The smallest absolute Gasteiger partial charge is 0.272 e. The van der Waals surface area contributed by atoms with Crippen LogP contribution in [0.2, 0.25) is 0 Å². The quantitative estimate of drug-likeness (QED) is 0.855. The van der Waals surface area contributed by atoms with E-state index in [2.05, 4.69) is 9.71 Å². The van der Waals surface area contributed by atoms with E-state index >= 15 is 0 Å². The van der Waals surface area contributed by atoms with Crippen molar-refractivity contribution in [2.45, 2.75) is 30.3 Å². The van der Waals surface area contributed by atoms with Gasteiger partial charge in [-0.25, -0.2) is 13.1 Å². The van der Waals surface area contributed by atoms with Gasteiger partial charge in [0.05, 0.1) is 11.5 Å². The van der Waals surface area contributed by atoms with Crippen molar-refractivity contribution in [2.24, 2.45) is 0 Å². The first kappa shape index (κ1) is 18.1. The Hall–Kier alpha value is -2.29. The third-order valence-corrected chi connectivity index (χ3v) is 6.44. The molecule has 0 aliphatic carbocycles. The maximum absolute atomic E-state index is 12.6. The van der Waals surface area contributed by atoms with E-state index in [1.807, 2.05) is 0 Å². The lowest BCUT2D eigenvalue weighted by atomic mass is 9.99. The molecule has 2 aromatic rings. The molecule has 1 fully saturated rings.